The fourth-order valence-electron chi connectivity index (χ4n) is 4.38. The van der Waals surface area contributed by atoms with Gasteiger partial charge >= 0.3 is 17.9 Å². The number of benzene rings is 3. The number of methoxy groups -OCH3 is 3. The third kappa shape index (κ3) is 11.3. The van der Waals surface area contributed by atoms with Crippen LogP contribution in [0.5, 0.6) is 34.5 Å². The van der Waals surface area contributed by atoms with E-state index in [2.05, 4.69) is 0 Å². The van der Waals surface area contributed by atoms with Crippen LogP contribution in [0.25, 0.3) is 12.2 Å². The molecule has 0 aromatic heterocycles. The number of rotatable bonds is 17. The zero-order valence-electron chi connectivity index (χ0n) is 27.7. The zero-order valence-corrected chi connectivity index (χ0v) is 27.7. The van der Waals surface area contributed by atoms with E-state index in [0.29, 0.717) is 28.6 Å². The standard InChI is InChI=1S/C36H40O12/c1-23(37)44-17-7-9-26-11-15-30(33(19-26)42-5)47-35(22-46-25(3)39)36(28-13-14-29(40)32(21-28)41-4)48-31-16-12-27(20-34(31)43-6)10-8-18-45-24(2)38/h7-16,19-21,35-36,40H,17-18,22H2,1-6H3/b9-7+,10-8+/t35-,36-/m1/s1. The summed E-state index contributed by atoms with van der Waals surface area (Å²) in [5.74, 6) is 0.225. The topological polar surface area (TPSA) is 145 Å². The lowest BCUT2D eigenvalue weighted by Gasteiger charge is -2.30. The Hall–Kier alpha value is -5.65. The van der Waals surface area contributed by atoms with Gasteiger partial charge in [-0.1, -0.05) is 30.4 Å². The molecule has 0 aliphatic carbocycles. The minimum Gasteiger partial charge on any atom is -0.504 e. The van der Waals surface area contributed by atoms with Crippen LogP contribution in [-0.2, 0) is 28.6 Å². The Morgan fingerprint density at radius 3 is 1.60 bits per heavy atom. The molecule has 0 aliphatic heterocycles. The van der Waals surface area contributed by atoms with Crippen molar-refractivity contribution in [3.8, 4) is 34.5 Å². The second-order valence-electron chi connectivity index (χ2n) is 10.2. The zero-order chi connectivity index (χ0) is 35.1. The highest BCUT2D eigenvalue weighted by Gasteiger charge is 2.31. The summed E-state index contributed by atoms with van der Waals surface area (Å²) in [6, 6.07) is 15.1. The van der Waals surface area contributed by atoms with Gasteiger partial charge in [-0.3, -0.25) is 14.4 Å². The van der Waals surface area contributed by atoms with Crippen LogP contribution in [0, 0.1) is 0 Å². The lowest BCUT2D eigenvalue weighted by atomic mass is 10.0. The van der Waals surface area contributed by atoms with E-state index in [1.165, 1.54) is 48.2 Å². The molecule has 0 spiro atoms. The lowest BCUT2D eigenvalue weighted by Crippen LogP contribution is -2.34. The number of phenols is 1. The highest BCUT2D eigenvalue weighted by molar-refractivity contribution is 5.67. The lowest BCUT2D eigenvalue weighted by molar-refractivity contribution is -0.145. The maximum absolute atomic E-state index is 12.0. The number of aromatic hydroxyl groups is 1. The largest absolute Gasteiger partial charge is 0.504 e. The minimum absolute atomic E-state index is 0.0843. The smallest absolute Gasteiger partial charge is 0.302 e. The highest BCUT2D eigenvalue weighted by atomic mass is 16.6. The van der Waals surface area contributed by atoms with Crippen molar-refractivity contribution in [2.75, 3.05) is 41.2 Å². The summed E-state index contributed by atoms with van der Waals surface area (Å²) in [4.78, 5) is 34.1. The summed E-state index contributed by atoms with van der Waals surface area (Å²) < 4.78 is 45.0. The number of ether oxygens (including phenoxy) is 8. The number of hydrogen-bond donors (Lipinski definition) is 1. The molecule has 3 rings (SSSR count). The molecular formula is C36H40O12. The monoisotopic (exact) mass is 664 g/mol. The van der Waals surface area contributed by atoms with Gasteiger partial charge in [0.25, 0.3) is 0 Å². The maximum Gasteiger partial charge on any atom is 0.302 e. The molecule has 0 fully saturated rings. The first kappa shape index (κ1) is 36.8. The molecule has 3 aromatic carbocycles. The molecule has 12 nitrogen and oxygen atoms in total. The first-order valence-corrected chi connectivity index (χ1v) is 14.8. The third-order valence-electron chi connectivity index (χ3n) is 6.61. The summed E-state index contributed by atoms with van der Waals surface area (Å²) in [5.41, 5.74) is 2.04. The van der Waals surface area contributed by atoms with Crippen LogP contribution < -0.4 is 23.7 Å². The van der Waals surface area contributed by atoms with Crippen molar-refractivity contribution in [2.24, 2.45) is 0 Å². The van der Waals surface area contributed by atoms with E-state index in [0.717, 1.165) is 11.1 Å². The molecule has 0 aliphatic rings. The van der Waals surface area contributed by atoms with E-state index in [9.17, 15) is 19.5 Å². The fourth-order valence-corrected chi connectivity index (χ4v) is 4.38. The van der Waals surface area contributed by atoms with Gasteiger partial charge in [0, 0.05) is 26.3 Å². The molecule has 0 saturated carbocycles. The Morgan fingerprint density at radius 2 is 1.12 bits per heavy atom. The van der Waals surface area contributed by atoms with Gasteiger partial charge in [-0.25, -0.2) is 0 Å². The molecule has 12 heteroatoms. The van der Waals surface area contributed by atoms with E-state index in [1.54, 1.807) is 72.8 Å². The normalized spacial score (nSPS) is 12.2. The van der Waals surface area contributed by atoms with Crippen molar-refractivity contribution < 1.29 is 57.4 Å². The highest BCUT2D eigenvalue weighted by Crippen LogP contribution is 2.39. The van der Waals surface area contributed by atoms with Crippen LogP contribution >= 0.6 is 0 Å². The van der Waals surface area contributed by atoms with Crippen molar-refractivity contribution in [3.63, 3.8) is 0 Å². The number of hydrogen-bond acceptors (Lipinski definition) is 12. The van der Waals surface area contributed by atoms with Crippen molar-refractivity contribution >= 4 is 30.1 Å². The summed E-state index contributed by atoms with van der Waals surface area (Å²) in [5, 5.41) is 10.3. The van der Waals surface area contributed by atoms with Crippen LogP contribution in [-0.4, -0.2) is 70.3 Å². The first-order chi connectivity index (χ1) is 23.0. The number of esters is 3. The molecule has 2 atom stereocenters. The van der Waals surface area contributed by atoms with Crippen LogP contribution in [0.4, 0.5) is 0 Å². The number of carbonyl (C=O) groups is 3. The molecule has 0 unspecified atom stereocenters. The molecule has 1 N–H and O–H groups in total. The molecule has 0 bridgehead atoms. The van der Waals surface area contributed by atoms with Gasteiger partial charge in [0.2, 0.25) is 0 Å². The van der Waals surface area contributed by atoms with E-state index < -0.39 is 18.2 Å². The Bertz CT molecular complexity index is 1610. The van der Waals surface area contributed by atoms with E-state index >= 15 is 0 Å². The predicted molar refractivity (Wildman–Crippen MR) is 176 cm³/mol. The molecule has 256 valence electrons. The summed E-state index contributed by atoms with van der Waals surface area (Å²) in [7, 11) is 4.40. The van der Waals surface area contributed by atoms with E-state index in [4.69, 9.17) is 37.9 Å². The molecule has 0 radical (unpaired) electrons. The molecule has 0 amide bonds. The maximum atomic E-state index is 12.0. The van der Waals surface area contributed by atoms with Crippen LogP contribution in [0.1, 0.15) is 43.6 Å². The molecule has 48 heavy (non-hydrogen) atoms. The van der Waals surface area contributed by atoms with Gasteiger partial charge in [0.1, 0.15) is 19.8 Å². The Labute approximate surface area is 279 Å². The SMILES string of the molecule is COc1cc([C@@H](Oc2ccc(/C=C/COC(C)=O)cc2OC)[C@@H](COC(C)=O)Oc2ccc(/C=C/COC(C)=O)cc2OC)ccc1O. The average Bonchev–Trinajstić information content (AvgIpc) is 3.06. The van der Waals surface area contributed by atoms with Gasteiger partial charge in [0.15, 0.2) is 46.7 Å². The van der Waals surface area contributed by atoms with E-state index in [-0.39, 0.29) is 43.3 Å². The van der Waals surface area contributed by atoms with Gasteiger partial charge in [0.05, 0.1) is 21.3 Å². The minimum atomic E-state index is -0.963. The Kier molecular flexibility index (Phi) is 14.2. The molecule has 0 heterocycles. The third-order valence-corrected chi connectivity index (χ3v) is 6.61. The number of phenolic OH excluding ortho intramolecular Hbond substituents is 1. The van der Waals surface area contributed by atoms with Crippen molar-refractivity contribution in [2.45, 2.75) is 33.0 Å². The number of carbonyl (C=O) groups excluding carboxylic acids is 3. The summed E-state index contributed by atoms with van der Waals surface area (Å²) >= 11 is 0. The average molecular weight is 665 g/mol. The van der Waals surface area contributed by atoms with E-state index in [1.807, 2.05) is 0 Å². The van der Waals surface area contributed by atoms with Crippen molar-refractivity contribution in [1.29, 1.82) is 0 Å². The Balaban J connectivity index is 2.04. The quantitative estimate of drug-likeness (QED) is 0.140. The Morgan fingerprint density at radius 1 is 0.625 bits per heavy atom. The van der Waals surface area contributed by atoms with Gasteiger partial charge in [-0.2, -0.15) is 0 Å². The predicted octanol–water partition coefficient (Wildman–Crippen LogP) is 5.70. The summed E-state index contributed by atoms with van der Waals surface area (Å²) in [6.07, 6.45) is 5.00. The van der Waals surface area contributed by atoms with Crippen LogP contribution in [0.3, 0.4) is 0 Å². The second kappa shape index (κ2) is 18.5. The van der Waals surface area contributed by atoms with Gasteiger partial charge < -0.3 is 43.0 Å². The molecule has 0 saturated heterocycles. The van der Waals surface area contributed by atoms with Crippen LogP contribution in [0.15, 0.2) is 66.7 Å². The molecular weight excluding hydrogens is 624 g/mol. The van der Waals surface area contributed by atoms with Gasteiger partial charge in [-0.15, -0.1) is 0 Å². The summed E-state index contributed by atoms with van der Waals surface area (Å²) in [6.45, 7) is 3.95. The van der Waals surface area contributed by atoms with Gasteiger partial charge in [-0.05, 0) is 59.7 Å². The van der Waals surface area contributed by atoms with Crippen LogP contribution in [0.2, 0.25) is 0 Å². The van der Waals surface area contributed by atoms with Crippen molar-refractivity contribution in [3.05, 3.63) is 83.4 Å². The second-order valence-corrected chi connectivity index (χ2v) is 10.2. The van der Waals surface area contributed by atoms with Crippen molar-refractivity contribution in [1.82, 2.24) is 0 Å². The first-order valence-electron chi connectivity index (χ1n) is 14.8. The molecule has 3 aromatic rings. The fraction of sp³-hybridized carbons (Fsp3) is 0.306.